The van der Waals surface area contributed by atoms with E-state index in [1.54, 1.807) is 0 Å². The third-order valence-corrected chi connectivity index (χ3v) is 4.78. The van der Waals surface area contributed by atoms with Crippen molar-refractivity contribution in [1.82, 2.24) is 19.6 Å². The Bertz CT molecular complexity index is 1080. The zero-order valence-corrected chi connectivity index (χ0v) is 16.9. The predicted octanol–water partition coefficient (Wildman–Crippen LogP) is 3.91. The van der Waals surface area contributed by atoms with Gasteiger partial charge < -0.3 is 10.4 Å². The average Bonchev–Trinajstić information content (AvgIpc) is 3.11. The molecular formula is C20H20ClF2N5O. The van der Waals surface area contributed by atoms with Crippen LogP contribution in [0, 0.1) is 29.4 Å². The van der Waals surface area contributed by atoms with Crippen LogP contribution in [-0.2, 0) is 0 Å². The van der Waals surface area contributed by atoms with Gasteiger partial charge >= 0.3 is 0 Å². The molecule has 0 aliphatic carbocycles. The maximum absolute atomic E-state index is 15.0. The highest BCUT2D eigenvalue weighted by molar-refractivity contribution is 6.33. The molecule has 0 aliphatic rings. The summed E-state index contributed by atoms with van der Waals surface area (Å²) < 4.78 is 31.3. The van der Waals surface area contributed by atoms with E-state index in [2.05, 4.69) is 32.2 Å². The minimum Gasteiger partial charge on any atom is -0.395 e. The lowest BCUT2D eigenvalue weighted by Gasteiger charge is -2.22. The summed E-state index contributed by atoms with van der Waals surface area (Å²) in [5.74, 6) is 4.35. The van der Waals surface area contributed by atoms with Crippen molar-refractivity contribution in [2.24, 2.45) is 5.92 Å². The molecule has 6 nitrogen and oxygen atoms in total. The van der Waals surface area contributed by atoms with Crippen LogP contribution < -0.4 is 5.32 Å². The summed E-state index contributed by atoms with van der Waals surface area (Å²) in [6, 6.07) is 2.20. The van der Waals surface area contributed by atoms with Gasteiger partial charge in [0, 0.05) is 18.0 Å². The number of halogens is 3. The van der Waals surface area contributed by atoms with Crippen molar-refractivity contribution >= 4 is 23.2 Å². The molecule has 9 heteroatoms. The van der Waals surface area contributed by atoms with Crippen molar-refractivity contribution in [2.45, 2.75) is 33.2 Å². The Morgan fingerprint density at radius 2 is 1.90 bits per heavy atom. The molecule has 0 saturated heterocycles. The van der Waals surface area contributed by atoms with Crippen LogP contribution in [0.1, 0.15) is 32.8 Å². The summed E-state index contributed by atoms with van der Waals surface area (Å²) in [6.45, 7) is 5.84. The summed E-state index contributed by atoms with van der Waals surface area (Å²) in [6.07, 6.45) is 1.51. The van der Waals surface area contributed by atoms with Crippen LogP contribution >= 0.6 is 11.6 Å². The van der Waals surface area contributed by atoms with E-state index in [0.717, 1.165) is 12.1 Å². The highest BCUT2D eigenvalue weighted by Gasteiger charge is 2.25. The van der Waals surface area contributed by atoms with Crippen LogP contribution in [-0.4, -0.2) is 37.3 Å². The Balaban J connectivity index is 2.22. The Kier molecular flexibility index (Phi) is 6.30. The Morgan fingerprint density at radius 1 is 1.21 bits per heavy atom. The van der Waals surface area contributed by atoms with Crippen molar-refractivity contribution in [1.29, 1.82) is 0 Å². The van der Waals surface area contributed by atoms with Gasteiger partial charge in [-0.25, -0.2) is 8.78 Å². The molecule has 1 atom stereocenters. The second-order valence-corrected chi connectivity index (χ2v) is 7.22. The van der Waals surface area contributed by atoms with E-state index in [1.165, 1.54) is 10.8 Å². The number of aromatic nitrogens is 4. The molecule has 1 unspecified atom stereocenters. The lowest BCUT2D eigenvalue weighted by Crippen LogP contribution is -2.24. The Labute approximate surface area is 171 Å². The molecule has 0 amide bonds. The molecule has 1 aromatic carbocycles. The first-order valence-electron chi connectivity index (χ1n) is 9.08. The number of rotatable bonds is 5. The lowest BCUT2D eigenvalue weighted by atomic mass is 10.0. The third-order valence-electron chi connectivity index (χ3n) is 4.51. The number of hydrogen-bond donors (Lipinski definition) is 2. The number of nitrogens with one attached hydrogen (secondary N) is 1. The van der Waals surface area contributed by atoms with Crippen LogP contribution in [0.25, 0.3) is 16.9 Å². The number of nitrogens with zero attached hydrogens (tertiary/aromatic N) is 4. The first-order chi connectivity index (χ1) is 13.8. The average molecular weight is 420 g/mol. The minimum atomic E-state index is -0.832. The molecule has 2 aromatic heterocycles. The van der Waals surface area contributed by atoms with Gasteiger partial charge in [0.1, 0.15) is 28.9 Å². The molecule has 0 bridgehead atoms. The summed E-state index contributed by atoms with van der Waals surface area (Å²) in [5, 5.41) is 16.1. The SMILES string of the molecule is CC(C)C(C)Nc1c(-c2c(F)cc(C#CCCO)cc2F)c(Cl)nc2ncnn12. The van der Waals surface area contributed by atoms with Crippen molar-refractivity contribution in [3.63, 3.8) is 0 Å². The number of aliphatic hydroxyl groups is 1. The van der Waals surface area contributed by atoms with Crippen LogP contribution in [0.4, 0.5) is 14.6 Å². The number of hydrogen-bond acceptors (Lipinski definition) is 5. The highest BCUT2D eigenvalue weighted by atomic mass is 35.5. The molecule has 3 aromatic rings. The van der Waals surface area contributed by atoms with Gasteiger partial charge in [-0.1, -0.05) is 37.3 Å². The largest absolute Gasteiger partial charge is 0.395 e. The summed E-state index contributed by atoms with van der Waals surface area (Å²) in [4.78, 5) is 8.13. The van der Waals surface area contributed by atoms with E-state index in [-0.39, 0.29) is 52.6 Å². The first kappa shape index (κ1) is 21.0. The molecule has 3 rings (SSSR count). The lowest BCUT2D eigenvalue weighted by molar-refractivity contribution is 0.305. The molecule has 0 fully saturated rings. The van der Waals surface area contributed by atoms with Crippen molar-refractivity contribution < 1.29 is 13.9 Å². The molecule has 0 saturated carbocycles. The van der Waals surface area contributed by atoms with E-state index in [1.807, 2.05) is 20.8 Å². The second kappa shape index (κ2) is 8.72. The van der Waals surface area contributed by atoms with E-state index >= 15 is 0 Å². The summed E-state index contributed by atoms with van der Waals surface area (Å²) >= 11 is 6.33. The first-order valence-corrected chi connectivity index (χ1v) is 9.46. The molecule has 2 N–H and O–H groups in total. The Hall–Kier alpha value is -2.76. The van der Waals surface area contributed by atoms with Crippen molar-refractivity contribution in [3.8, 4) is 23.0 Å². The molecule has 0 spiro atoms. The third kappa shape index (κ3) is 4.31. The highest BCUT2D eigenvalue weighted by Crippen LogP contribution is 2.38. The van der Waals surface area contributed by atoms with E-state index < -0.39 is 11.6 Å². The van der Waals surface area contributed by atoms with E-state index in [4.69, 9.17) is 16.7 Å². The van der Waals surface area contributed by atoms with Crippen LogP contribution in [0.3, 0.4) is 0 Å². The number of anilines is 1. The van der Waals surface area contributed by atoms with Crippen LogP contribution in [0.15, 0.2) is 18.5 Å². The van der Waals surface area contributed by atoms with Crippen LogP contribution in [0.2, 0.25) is 5.15 Å². The predicted molar refractivity (Wildman–Crippen MR) is 108 cm³/mol. The van der Waals surface area contributed by atoms with Gasteiger partial charge in [0.05, 0.1) is 17.7 Å². The zero-order valence-electron chi connectivity index (χ0n) is 16.2. The second-order valence-electron chi connectivity index (χ2n) is 6.87. The van der Waals surface area contributed by atoms with Crippen LogP contribution in [0.5, 0.6) is 0 Å². The molecule has 29 heavy (non-hydrogen) atoms. The molecule has 2 heterocycles. The summed E-state index contributed by atoms with van der Waals surface area (Å²) in [7, 11) is 0. The Morgan fingerprint density at radius 3 is 2.52 bits per heavy atom. The fourth-order valence-corrected chi connectivity index (χ4v) is 2.92. The maximum atomic E-state index is 15.0. The van der Waals surface area contributed by atoms with Crippen molar-refractivity contribution in [2.75, 3.05) is 11.9 Å². The zero-order chi connectivity index (χ0) is 21.1. The molecular weight excluding hydrogens is 400 g/mol. The quantitative estimate of drug-likeness (QED) is 0.484. The monoisotopic (exact) mass is 419 g/mol. The van der Waals surface area contributed by atoms with E-state index in [0.29, 0.717) is 5.82 Å². The van der Waals surface area contributed by atoms with Gasteiger partial charge in [-0.3, -0.25) is 0 Å². The number of fused-ring (bicyclic) bond motifs is 1. The topological polar surface area (TPSA) is 75.3 Å². The van der Waals surface area contributed by atoms with Gasteiger partial charge in [-0.15, -0.1) is 0 Å². The number of aliphatic hydroxyl groups excluding tert-OH is 1. The van der Waals surface area contributed by atoms with Gasteiger partial charge in [-0.2, -0.15) is 19.6 Å². The molecule has 0 aliphatic heterocycles. The summed E-state index contributed by atoms with van der Waals surface area (Å²) in [5.41, 5.74) is -0.110. The van der Waals surface area contributed by atoms with Gasteiger partial charge in [0.25, 0.3) is 5.78 Å². The van der Waals surface area contributed by atoms with Crippen molar-refractivity contribution in [3.05, 3.63) is 40.8 Å². The molecule has 152 valence electrons. The maximum Gasteiger partial charge on any atom is 0.255 e. The standard InChI is InChI=1S/C20H20ClF2N5O/c1-11(2)12(3)26-19-17(18(21)27-20-24-10-25-28(19)20)16-14(22)8-13(9-15(16)23)6-4-5-7-29/h8-12,26,29H,5,7H2,1-3H3. The normalized spacial score (nSPS) is 12.1. The smallest absolute Gasteiger partial charge is 0.255 e. The van der Waals surface area contributed by atoms with Gasteiger partial charge in [0.15, 0.2) is 0 Å². The molecule has 0 radical (unpaired) electrons. The number of benzene rings is 1. The van der Waals surface area contributed by atoms with Gasteiger partial charge in [-0.05, 0) is 25.0 Å². The fourth-order valence-electron chi connectivity index (χ4n) is 2.66. The minimum absolute atomic E-state index is 0.0469. The van der Waals surface area contributed by atoms with Gasteiger partial charge in [0.2, 0.25) is 0 Å². The fraction of sp³-hybridized carbons (Fsp3) is 0.350. The van der Waals surface area contributed by atoms with E-state index in [9.17, 15) is 8.78 Å².